The molecular formula is C30H27Cl2FN6O2. The molecule has 2 aromatic heterocycles. The molecule has 0 saturated heterocycles. The van der Waals surface area contributed by atoms with Crippen LogP contribution < -0.4 is 10.6 Å². The largest absolute Gasteiger partial charge is 0.343 e. The molecule has 0 saturated carbocycles. The van der Waals surface area contributed by atoms with Gasteiger partial charge in [0.05, 0.1) is 34.7 Å². The Labute approximate surface area is 246 Å². The summed E-state index contributed by atoms with van der Waals surface area (Å²) in [5.74, 6) is -0.790. The van der Waals surface area contributed by atoms with Gasteiger partial charge in [-0.05, 0) is 73.5 Å². The molecule has 11 heteroatoms. The zero-order chi connectivity index (χ0) is 29.1. The van der Waals surface area contributed by atoms with Crippen LogP contribution in [0.15, 0.2) is 66.9 Å². The van der Waals surface area contributed by atoms with Gasteiger partial charge in [-0.3, -0.25) is 9.78 Å². The van der Waals surface area contributed by atoms with E-state index < -0.39 is 11.9 Å². The number of urea groups is 1. The van der Waals surface area contributed by atoms with Gasteiger partial charge in [-0.15, -0.1) is 0 Å². The first kappa shape index (κ1) is 28.3. The number of nitrogens with one attached hydrogen (secondary N) is 2. The average Bonchev–Trinajstić information content (AvgIpc) is 3.34. The van der Waals surface area contributed by atoms with Crippen LogP contribution in [-0.2, 0) is 6.54 Å². The molecule has 1 unspecified atom stereocenters. The van der Waals surface area contributed by atoms with Crippen LogP contribution in [0, 0.1) is 5.82 Å². The van der Waals surface area contributed by atoms with Crippen LogP contribution in [0.5, 0.6) is 0 Å². The molecule has 0 radical (unpaired) electrons. The smallest absolute Gasteiger partial charge is 0.317 e. The molecule has 4 aromatic rings. The van der Waals surface area contributed by atoms with E-state index in [2.05, 4.69) is 15.6 Å². The fraction of sp³-hybridized carbons (Fsp3) is 0.200. The fourth-order valence-corrected chi connectivity index (χ4v) is 5.21. The molecule has 0 bridgehead atoms. The second-order valence-corrected chi connectivity index (χ2v) is 10.4. The lowest BCUT2D eigenvalue weighted by Crippen LogP contribution is -2.42. The predicted octanol–water partition coefficient (Wildman–Crippen LogP) is 6.29. The molecule has 210 valence electrons. The third-order valence-electron chi connectivity index (χ3n) is 6.66. The van der Waals surface area contributed by atoms with Crippen molar-refractivity contribution in [3.8, 4) is 5.69 Å². The Balaban J connectivity index is 1.68. The van der Waals surface area contributed by atoms with E-state index in [0.717, 1.165) is 5.56 Å². The number of nitrogens with zero attached hydrogens (tertiary/aromatic N) is 4. The molecule has 41 heavy (non-hydrogen) atoms. The number of carbonyl (C=O) groups excluding carboxylic acids is 2. The van der Waals surface area contributed by atoms with E-state index in [9.17, 15) is 14.0 Å². The van der Waals surface area contributed by atoms with Crippen molar-refractivity contribution in [1.82, 2.24) is 30.3 Å². The second-order valence-electron chi connectivity index (χ2n) is 9.55. The summed E-state index contributed by atoms with van der Waals surface area (Å²) >= 11 is 12.8. The van der Waals surface area contributed by atoms with Crippen molar-refractivity contribution in [3.05, 3.63) is 111 Å². The lowest BCUT2D eigenvalue weighted by molar-refractivity contribution is 0.0931. The summed E-state index contributed by atoms with van der Waals surface area (Å²) < 4.78 is 15.3. The summed E-state index contributed by atoms with van der Waals surface area (Å²) in [5, 5.41) is 11.3. The Bertz CT molecular complexity index is 1620. The van der Waals surface area contributed by atoms with Crippen LogP contribution in [0.4, 0.5) is 9.18 Å². The Kier molecular flexibility index (Phi) is 8.37. The Morgan fingerprint density at radius 3 is 2.56 bits per heavy atom. The minimum Gasteiger partial charge on any atom is -0.343 e. The highest BCUT2D eigenvalue weighted by atomic mass is 35.5. The Morgan fingerprint density at radius 2 is 1.88 bits per heavy atom. The number of rotatable bonds is 6. The molecule has 8 nitrogen and oxygen atoms in total. The molecule has 3 heterocycles. The van der Waals surface area contributed by atoms with E-state index in [0.29, 0.717) is 44.8 Å². The first-order valence-corrected chi connectivity index (χ1v) is 13.8. The number of amides is 3. The van der Waals surface area contributed by atoms with Gasteiger partial charge < -0.3 is 15.5 Å². The van der Waals surface area contributed by atoms with Crippen molar-refractivity contribution in [2.24, 2.45) is 0 Å². The number of carbonyl (C=O) groups is 2. The number of aromatic nitrogens is 3. The maximum Gasteiger partial charge on any atom is 0.317 e. The molecule has 5 rings (SSSR count). The first-order chi connectivity index (χ1) is 19.7. The summed E-state index contributed by atoms with van der Waals surface area (Å²) in [7, 11) is 0. The van der Waals surface area contributed by atoms with Gasteiger partial charge in [0.2, 0.25) is 0 Å². The standard InChI is InChI=1S/C30H27Cl2FN6O2/c1-3-34-30(41)38-16-20(14-19-7-10-22(33)11-8-19)28-23(17-38)27(29(40)36-18(2)25-6-4-5-13-35-25)37-39(28)26-12-9-21(31)15-24(26)32/h4-15,18H,3,16-17H2,1-2H3,(H,34,41)(H,36,40)/b20-14+. The van der Waals surface area contributed by atoms with Crippen molar-refractivity contribution < 1.29 is 14.0 Å². The van der Waals surface area contributed by atoms with Gasteiger partial charge in [0.25, 0.3) is 5.91 Å². The molecule has 1 atom stereocenters. The number of halogens is 3. The van der Waals surface area contributed by atoms with Crippen molar-refractivity contribution in [1.29, 1.82) is 0 Å². The van der Waals surface area contributed by atoms with Crippen molar-refractivity contribution in [2.45, 2.75) is 26.4 Å². The third kappa shape index (κ3) is 6.11. The molecular weight excluding hydrogens is 566 g/mol. The number of pyridine rings is 1. The quantitative estimate of drug-likeness (QED) is 0.275. The van der Waals surface area contributed by atoms with E-state index in [-0.39, 0.29) is 30.6 Å². The molecule has 1 aliphatic heterocycles. The number of fused-ring (bicyclic) bond motifs is 1. The lowest BCUT2D eigenvalue weighted by atomic mass is 9.97. The average molecular weight is 593 g/mol. The zero-order valence-electron chi connectivity index (χ0n) is 22.4. The normalized spacial score (nSPS) is 14.5. The summed E-state index contributed by atoms with van der Waals surface area (Å²) in [6, 6.07) is 15.8. The van der Waals surface area contributed by atoms with Crippen molar-refractivity contribution in [2.75, 3.05) is 13.1 Å². The highest BCUT2D eigenvalue weighted by molar-refractivity contribution is 6.35. The Hall–Kier alpha value is -4.21. The van der Waals surface area contributed by atoms with Gasteiger partial charge >= 0.3 is 6.03 Å². The van der Waals surface area contributed by atoms with Gasteiger partial charge in [-0.25, -0.2) is 13.9 Å². The van der Waals surface area contributed by atoms with Crippen LogP contribution in [0.1, 0.15) is 52.9 Å². The van der Waals surface area contributed by atoms with Crippen LogP contribution >= 0.6 is 23.2 Å². The maximum absolute atomic E-state index is 13.7. The molecule has 2 N–H and O–H groups in total. The maximum atomic E-state index is 13.7. The fourth-order valence-electron chi connectivity index (χ4n) is 4.72. The van der Waals surface area contributed by atoms with Gasteiger partial charge in [-0.1, -0.05) is 41.4 Å². The summed E-state index contributed by atoms with van der Waals surface area (Å²) in [6.07, 6.45) is 3.51. The summed E-state index contributed by atoms with van der Waals surface area (Å²) in [6.45, 7) is 4.46. The van der Waals surface area contributed by atoms with E-state index in [1.165, 1.54) is 12.1 Å². The molecule has 3 amide bonds. The second kappa shape index (κ2) is 12.1. The zero-order valence-corrected chi connectivity index (χ0v) is 23.9. The minimum atomic E-state index is -0.429. The highest BCUT2D eigenvalue weighted by Gasteiger charge is 2.34. The summed E-state index contributed by atoms with van der Waals surface area (Å²) in [5.41, 5.74) is 3.93. The molecule has 1 aliphatic rings. The van der Waals surface area contributed by atoms with E-state index >= 15 is 0 Å². The number of hydrogen-bond donors (Lipinski definition) is 2. The van der Waals surface area contributed by atoms with Crippen LogP contribution in [-0.4, -0.2) is 44.7 Å². The van der Waals surface area contributed by atoms with Crippen molar-refractivity contribution >= 4 is 46.8 Å². The van der Waals surface area contributed by atoms with E-state index in [4.69, 9.17) is 28.3 Å². The van der Waals surface area contributed by atoms with Gasteiger partial charge in [0.15, 0.2) is 5.69 Å². The van der Waals surface area contributed by atoms with Crippen LogP contribution in [0.25, 0.3) is 17.3 Å². The Morgan fingerprint density at radius 1 is 1.10 bits per heavy atom. The van der Waals surface area contributed by atoms with Crippen LogP contribution in [0.3, 0.4) is 0 Å². The lowest BCUT2D eigenvalue weighted by Gasteiger charge is -2.30. The van der Waals surface area contributed by atoms with Crippen molar-refractivity contribution in [3.63, 3.8) is 0 Å². The number of benzene rings is 2. The molecule has 2 aromatic carbocycles. The predicted molar refractivity (Wildman–Crippen MR) is 157 cm³/mol. The highest BCUT2D eigenvalue weighted by Crippen LogP contribution is 2.36. The van der Waals surface area contributed by atoms with E-state index in [1.54, 1.807) is 52.2 Å². The van der Waals surface area contributed by atoms with Gasteiger partial charge in [0.1, 0.15) is 5.82 Å². The first-order valence-electron chi connectivity index (χ1n) is 13.0. The van der Waals surface area contributed by atoms with Gasteiger partial charge in [0, 0.05) is 29.9 Å². The molecule has 0 aliphatic carbocycles. The SMILES string of the molecule is CCNC(=O)N1C/C(=C\c2ccc(F)cc2)c2c(c(C(=O)NC(C)c3ccccn3)nn2-c2ccc(Cl)cc2Cl)C1. The van der Waals surface area contributed by atoms with Gasteiger partial charge in [-0.2, -0.15) is 5.10 Å². The molecule has 0 spiro atoms. The molecule has 0 fully saturated rings. The monoisotopic (exact) mass is 592 g/mol. The van der Waals surface area contributed by atoms with Crippen LogP contribution in [0.2, 0.25) is 10.0 Å². The minimum absolute atomic E-state index is 0.133. The third-order valence-corrected chi connectivity index (χ3v) is 7.19. The van der Waals surface area contributed by atoms with E-state index in [1.807, 2.05) is 32.1 Å². The topological polar surface area (TPSA) is 92.2 Å². The number of hydrogen-bond acceptors (Lipinski definition) is 4. The summed E-state index contributed by atoms with van der Waals surface area (Å²) in [4.78, 5) is 32.7.